The Morgan fingerprint density at radius 1 is 1.44 bits per heavy atom. The van der Waals surface area contributed by atoms with Crippen molar-refractivity contribution in [2.24, 2.45) is 0 Å². The van der Waals surface area contributed by atoms with Crippen molar-refractivity contribution in [3.63, 3.8) is 0 Å². The summed E-state index contributed by atoms with van der Waals surface area (Å²) in [6.07, 6.45) is 0.904. The molecule has 0 aliphatic heterocycles. The van der Waals surface area contributed by atoms with E-state index < -0.39 is 5.97 Å². The lowest BCUT2D eigenvalue weighted by atomic mass is 10.3. The van der Waals surface area contributed by atoms with Gasteiger partial charge in [0.15, 0.2) is 0 Å². The fourth-order valence-corrected chi connectivity index (χ4v) is 2.85. The lowest BCUT2D eigenvalue weighted by molar-refractivity contribution is -0.137. The van der Waals surface area contributed by atoms with Gasteiger partial charge in [0.1, 0.15) is 5.01 Å². The second-order valence-electron chi connectivity index (χ2n) is 4.31. The summed E-state index contributed by atoms with van der Waals surface area (Å²) in [4.78, 5) is 17.1. The van der Waals surface area contributed by atoms with E-state index in [2.05, 4.69) is 16.0 Å². The molecule has 0 saturated carbocycles. The molecule has 1 heterocycles. The number of thiazole rings is 1. The molecule has 0 unspecified atom stereocenters. The summed E-state index contributed by atoms with van der Waals surface area (Å²) in [5.74, 6) is -0.733. The third-order valence-electron chi connectivity index (χ3n) is 2.67. The Balaban J connectivity index is 1.90. The van der Waals surface area contributed by atoms with Gasteiger partial charge in [-0.05, 0) is 32.1 Å². The summed E-state index contributed by atoms with van der Waals surface area (Å²) >= 11 is 1.70. The van der Waals surface area contributed by atoms with Crippen LogP contribution < -0.4 is 0 Å². The molecule has 0 radical (unpaired) electrons. The van der Waals surface area contributed by atoms with E-state index in [1.165, 1.54) is 4.70 Å². The first-order chi connectivity index (χ1) is 8.65. The number of fused-ring (bicyclic) bond motifs is 1. The number of carboxylic acid groups (broad SMARTS) is 1. The quantitative estimate of drug-likeness (QED) is 0.871. The van der Waals surface area contributed by atoms with E-state index in [4.69, 9.17) is 5.11 Å². The van der Waals surface area contributed by atoms with Gasteiger partial charge in [-0.25, -0.2) is 4.98 Å². The SMILES string of the molecule is CN(CCCC(=O)O)Cc1nc2ccccc2s1. The van der Waals surface area contributed by atoms with Crippen molar-refractivity contribution in [2.75, 3.05) is 13.6 Å². The van der Waals surface area contributed by atoms with Crippen molar-refractivity contribution in [3.8, 4) is 0 Å². The number of benzene rings is 1. The van der Waals surface area contributed by atoms with Gasteiger partial charge >= 0.3 is 5.97 Å². The molecule has 1 aromatic carbocycles. The summed E-state index contributed by atoms with van der Waals surface area (Å²) in [6, 6.07) is 8.09. The largest absolute Gasteiger partial charge is 0.481 e. The van der Waals surface area contributed by atoms with Gasteiger partial charge in [0.25, 0.3) is 0 Å². The standard InChI is InChI=1S/C13H16N2O2S/c1-15(8-4-7-13(16)17)9-12-14-10-5-2-3-6-11(10)18-12/h2-3,5-6H,4,7-9H2,1H3,(H,16,17). The zero-order chi connectivity index (χ0) is 13.0. The Labute approximate surface area is 110 Å². The third kappa shape index (κ3) is 3.51. The maximum absolute atomic E-state index is 10.4. The van der Waals surface area contributed by atoms with Gasteiger partial charge in [0.05, 0.1) is 16.8 Å². The average molecular weight is 264 g/mol. The zero-order valence-corrected chi connectivity index (χ0v) is 11.1. The van der Waals surface area contributed by atoms with E-state index in [0.29, 0.717) is 6.42 Å². The minimum Gasteiger partial charge on any atom is -0.481 e. The van der Waals surface area contributed by atoms with Gasteiger partial charge in [0, 0.05) is 6.42 Å². The van der Waals surface area contributed by atoms with Gasteiger partial charge in [-0.1, -0.05) is 12.1 Å². The molecule has 0 aliphatic rings. The van der Waals surface area contributed by atoms with E-state index in [9.17, 15) is 4.79 Å². The highest BCUT2D eigenvalue weighted by molar-refractivity contribution is 7.18. The van der Waals surface area contributed by atoms with Gasteiger partial charge in [0.2, 0.25) is 0 Å². The van der Waals surface area contributed by atoms with Gasteiger partial charge < -0.3 is 5.11 Å². The number of hydrogen-bond acceptors (Lipinski definition) is 4. The lowest BCUT2D eigenvalue weighted by Crippen LogP contribution is -2.19. The van der Waals surface area contributed by atoms with Crippen LogP contribution >= 0.6 is 11.3 Å². The van der Waals surface area contributed by atoms with Crippen LogP contribution in [0.1, 0.15) is 17.8 Å². The number of hydrogen-bond donors (Lipinski definition) is 1. The molecule has 0 bridgehead atoms. The van der Waals surface area contributed by atoms with E-state index in [0.717, 1.165) is 23.6 Å². The smallest absolute Gasteiger partial charge is 0.303 e. The van der Waals surface area contributed by atoms with Crippen molar-refractivity contribution < 1.29 is 9.90 Å². The number of rotatable bonds is 6. The summed E-state index contributed by atoms with van der Waals surface area (Å²) < 4.78 is 1.20. The second kappa shape index (κ2) is 5.93. The van der Waals surface area contributed by atoms with Gasteiger partial charge in [-0.3, -0.25) is 9.69 Å². The molecule has 0 aliphatic carbocycles. The Bertz CT molecular complexity index is 506. The normalized spacial score (nSPS) is 11.2. The zero-order valence-electron chi connectivity index (χ0n) is 10.3. The number of para-hydroxylation sites is 1. The molecular weight excluding hydrogens is 248 g/mol. The molecule has 0 fully saturated rings. The van der Waals surface area contributed by atoms with Gasteiger partial charge in [-0.15, -0.1) is 11.3 Å². The van der Waals surface area contributed by atoms with Crippen LogP contribution in [0.5, 0.6) is 0 Å². The van der Waals surface area contributed by atoms with E-state index in [1.807, 2.05) is 25.2 Å². The van der Waals surface area contributed by atoms with Crippen LogP contribution in [0.4, 0.5) is 0 Å². The number of carboxylic acids is 1. The van der Waals surface area contributed by atoms with Crippen molar-refractivity contribution in [2.45, 2.75) is 19.4 Å². The topological polar surface area (TPSA) is 53.4 Å². The molecule has 96 valence electrons. The maximum Gasteiger partial charge on any atom is 0.303 e. The Morgan fingerprint density at radius 2 is 2.22 bits per heavy atom. The third-order valence-corrected chi connectivity index (χ3v) is 3.69. The molecule has 5 heteroatoms. The molecule has 2 aromatic rings. The highest BCUT2D eigenvalue weighted by atomic mass is 32.1. The number of carbonyl (C=O) groups is 1. The minimum atomic E-state index is -0.733. The summed E-state index contributed by atoms with van der Waals surface area (Å²) in [6.45, 7) is 1.56. The first-order valence-electron chi connectivity index (χ1n) is 5.90. The highest BCUT2D eigenvalue weighted by Gasteiger charge is 2.07. The molecule has 0 atom stereocenters. The number of aromatic nitrogens is 1. The molecule has 0 amide bonds. The first-order valence-corrected chi connectivity index (χ1v) is 6.71. The molecule has 1 aromatic heterocycles. The number of nitrogens with zero attached hydrogens (tertiary/aromatic N) is 2. The van der Waals surface area contributed by atoms with Crippen LogP contribution in [-0.4, -0.2) is 34.6 Å². The minimum absolute atomic E-state index is 0.226. The second-order valence-corrected chi connectivity index (χ2v) is 5.43. The van der Waals surface area contributed by atoms with Crippen LogP contribution in [0.3, 0.4) is 0 Å². The monoisotopic (exact) mass is 264 g/mol. The predicted octanol–water partition coefficient (Wildman–Crippen LogP) is 2.59. The summed E-state index contributed by atoms with van der Waals surface area (Å²) in [5, 5.41) is 9.66. The van der Waals surface area contributed by atoms with Gasteiger partial charge in [-0.2, -0.15) is 0 Å². The van der Waals surface area contributed by atoms with Crippen LogP contribution in [0, 0.1) is 0 Å². The molecule has 1 N–H and O–H groups in total. The van der Waals surface area contributed by atoms with Crippen LogP contribution in [-0.2, 0) is 11.3 Å². The molecule has 4 nitrogen and oxygen atoms in total. The number of aliphatic carboxylic acids is 1. The molecular formula is C13H16N2O2S. The van der Waals surface area contributed by atoms with Crippen molar-refractivity contribution in [3.05, 3.63) is 29.3 Å². The first kappa shape index (κ1) is 13.0. The van der Waals surface area contributed by atoms with Crippen molar-refractivity contribution in [1.82, 2.24) is 9.88 Å². The van der Waals surface area contributed by atoms with Crippen LogP contribution in [0.15, 0.2) is 24.3 Å². The van der Waals surface area contributed by atoms with E-state index in [-0.39, 0.29) is 6.42 Å². The van der Waals surface area contributed by atoms with Crippen LogP contribution in [0.2, 0.25) is 0 Å². The van der Waals surface area contributed by atoms with Crippen LogP contribution in [0.25, 0.3) is 10.2 Å². The summed E-state index contributed by atoms with van der Waals surface area (Å²) in [5.41, 5.74) is 1.04. The van der Waals surface area contributed by atoms with E-state index in [1.54, 1.807) is 11.3 Å². The highest BCUT2D eigenvalue weighted by Crippen LogP contribution is 2.22. The molecule has 18 heavy (non-hydrogen) atoms. The molecule has 0 saturated heterocycles. The summed E-state index contributed by atoms with van der Waals surface area (Å²) in [7, 11) is 1.99. The molecule has 2 rings (SSSR count). The fourth-order valence-electron chi connectivity index (χ4n) is 1.80. The molecule has 0 spiro atoms. The Hall–Kier alpha value is -1.46. The predicted molar refractivity (Wildman–Crippen MR) is 72.8 cm³/mol. The van der Waals surface area contributed by atoms with Crippen molar-refractivity contribution >= 4 is 27.5 Å². The van der Waals surface area contributed by atoms with Crippen molar-refractivity contribution in [1.29, 1.82) is 0 Å². The lowest BCUT2D eigenvalue weighted by Gasteiger charge is -2.13. The van der Waals surface area contributed by atoms with E-state index >= 15 is 0 Å². The fraction of sp³-hybridized carbons (Fsp3) is 0.385. The average Bonchev–Trinajstić information content (AvgIpc) is 2.70. The Morgan fingerprint density at radius 3 is 2.94 bits per heavy atom. The Kier molecular flexibility index (Phi) is 4.28. The maximum atomic E-state index is 10.4.